The van der Waals surface area contributed by atoms with Gasteiger partial charge in [0.15, 0.2) is 0 Å². The van der Waals surface area contributed by atoms with E-state index in [1.807, 2.05) is 6.07 Å². The van der Waals surface area contributed by atoms with E-state index in [2.05, 4.69) is 18.1 Å². The second kappa shape index (κ2) is 5.44. The standard InChI is InChI=1S/C14H16N4O/c1-3-6-11-13(16)14(18(2)17-11)19-12-8-5-4-7-10(12)9-15/h4-5,7-8H,3,6,16H2,1-2H3. The zero-order valence-electron chi connectivity index (χ0n) is 11.1. The van der Waals surface area contributed by atoms with Gasteiger partial charge in [-0.2, -0.15) is 10.4 Å². The summed E-state index contributed by atoms with van der Waals surface area (Å²) >= 11 is 0. The molecule has 2 aromatic rings. The highest BCUT2D eigenvalue weighted by atomic mass is 16.5. The van der Waals surface area contributed by atoms with Gasteiger partial charge in [-0.05, 0) is 18.6 Å². The largest absolute Gasteiger partial charge is 0.436 e. The Labute approximate surface area is 112 Å². The maximum absolute atomic E-state index is 9.04. The molecular formula is C14H16N4O. The maximum Gasteiger partial charge on any atom is 0.241 e. The van der Waals surface area contributed by atoms with E-state index in [9.17, 15) is 0 Å². The van der Waals surface area contributed by atoms with Crippen LogP contribution >= 0.6 is 0 Å². The van der Waals surface area contributed by atoms with Crippen LogP contribution < -0.4 is 10.5 Å². The first-order chi connectivity index (χ1) is 9.17. The highest BCUT2D eigenvalue weighted by Gasteiger charge is 2.15. The van der Waals surface area contributed by atoms with Crippen LogP contribution in [-0.4, -0.2) is 9.78 Å². The highest BCUT2D eigenvalue weighted by molar-refractivity contribution is 5.56. The molecule has 0 bridgehead atoms. The van der Waals surface area contributed by atoms with Crippen molar-refractivity contribution in [3.8, 4) is 17.7 Å². The minimum absolute atomic E-state index is 0.472. The normalized spacial score (nSPS) is 10.2. The monoisotopic (exact) mass is 256 g/mol. The molecule has 0 atom stereocenters. The molecule has 98 valence electrons. The Morgan fingerprint density at radius 1 is 1.42 bits per heavy atom. The number of para-hydroxylation sites is 1. The van der Waals surface area contributed by atoms with Crippen molar-refractivity contribution in [2.75, 3.05) is 5.73 Å². The molecule has 5 heteroatoms. The summed E-state index contributed by atoms with van der Waals surface area (Å²) in [5.41, 5.74) is 7.88. The molecule has 0 aliphatic heterocycles. The number of ether oxygens (including phenoxy) is 1. The summed E-state index contributed by atoms with van der Waals surface area (Å²) in [6, 6.07) is 9.14. The second-order valence-electron chi connectivity index (χ2n) is 4.25. The minimum Gasteiger partial charge on any atom is -0.436 e. The third-order valence-electron chi connectivity index (χ3n) is 2.81. The smallest absolute Gasteiger partial charge is 0.241 e. The van der Waals surface area contributed by atoms with Gasteiger partial charge in [-0.25, -0.2) is 4.68 Å². The van der Waals surface area contributed by atoms with Crippen LogP contribution in [0.2, 0.25) is 0 Å². The molecular weight excluding hydrogens is 240 g/mol. The molecule has 0 aliphatic rings. The van der Waals surface area contributed by atoms with Gasteiger partial charge in [-0.1, -0.05) is 25.5 Å². The lowest BCUT2D eigenvalue weighted by molar-refractivity contribution is 0.431. The summed E-state index contributed by atoms with van der Waals surface area (Å²) in [4.78, 5) is 0. The number of nitrogens with zero attached hydrogens (tertiary/aromatic N) is 3. The molecule has 0 spiro atoms. The maximum atomic E-state index is 9.04. The van der Waals surface area contributed by atoms with Crippen molar-refractivity contribution in [1.82, 2.24) is 9.78 Å². The van der Waals surface area contributed by atoms with Crippen molar-refractivity contribution in [1.29, 1.82) is 5.26 Å². The number of hydrogen-bond acceptors (Lipinski definition) is 4. The van der Waals surface area contributed by atoms with Crippen LogP contribution in [0.25, 0.3) is 0 Å². The van der Waals surface area contributed by atoms with Crippen LogP contribution in [0.4, 0.5) is 5.69 Å². The lowest BCUT2D eigenvalue weighted by Crippen LogP contribution is -1.98. The van der Waals surface area contributed by atoms with Gasteiger partial charge < -0.3 is 10.5 Å². The van der Waals surface area contributed by atoms with Crippen molar-refractivity contribution in [3.63, 3.8) is 0 Å². The number of aryl methyl sites for hydroxylation is 2. The Balaban J connectivity index is 2.36. The Kier molecular flexibility index (Phi) is 3.71. The first-order valence-electron chi connectivity index (χ1n) is 6.15. The average Bonchev–Trinajstić information content (AvgIpc) is 2.68. The Bertz CT molecular complexity index is 625. The van der Waals surface area contributed by atoms with Crippen LogP contribution in [0.3, 0.4) is 0 Å². The van der Waals surface area contributed by atoms with Crippen molar-refractivity contribution in [2.24, 2.45) is 7.05 Å². The van der Waals surface area contributed by atoms with Gasteiger partial charge in [0.05, 0.1) is 11.3 Å². The van der Waals surface area contributed by atoms with Gasteiger partial charge >= 0.3 is 0 Å². The molecule has 1 heterocycles. The topological polar surface area (TPSA) is 76.9 Å². The van der Waals surface area contributed by atoms with E-state index < -0.39 is 0 Å². The Morgan fingerprint density at radius 3 is 2.84 bits per heavy atom. The number of nitriles is 1. The van der Waals surface area contributed by atoms with Crippen LogP contribution in [0.15, 0.2) is 24.3 Å². The molecule has 0 fully saturated rings. The molecule has 2 N–H and O–H groups in total. The fraction of sp³-hybridized carbons (Fsp3) is 0.286. The SMILES string of the molecule is CCCc1nn(C)c(Oc2ccccc2C#N)c1N. The summed E-state index contributed by atoms with van der Waals surface area (Å²) in [5.74, 6) is 0.967. The number of anilines is 1. The molecule has 1 aromatic carbocycles. The molecule has 0 saturated carbocycles. The van der Waals surface area contributed by atoms with Crippen LogP contribution in [-0.2, 0) is 13.5 Å². The summed E-state index contributed by atoms with van der Waals surface area (Å²) in [5, 5.41) is 13.4. The third kappa shape index (κ3) is 2.52. The number of benzene rings is 1. The van der Waals surface area contributed by atoms with Crippen LogP contribution in [0.5, 0.6) is 11.6 Å². The molecule has 0 saturated heterocycles. The van der Waals surface area contributed by atoms with E-state index in [1.165, 1.54) is 0 Å². The zero-order valence-corrected chi connectivity index (χ0v) is 11.1. The van der Waals surface area contributed by atoms with Gasteiger partial charge in [0.1, 0.15) is 17.5 Å². The molecule has 5 nitrogen and oxygen atoms in total. The van der Waals surface area contributed by atoms with Crippen molar-refractivity contribution in [3.05, 3.63) is 35.5 Å². The summed E-state index contributed by atoms with van der Waals surface area (Å²) in [7, 11) is 1.78. The highest BCUT2D eigenvalue weighted by Crippen LogP contribution is 2.31. The van der Waals surface area contributed by atoms with Gasteiger partial charge in [0.25, 0.3) is 0 Å². The van der Waals surface area contributed by atoms with Crippen molar-refractivity contribution in [2.45, 2.75) is 19.8 Å². The molecule has 0 radical (unpaired) electrons. The van der Waals surface area contributed by atoms with E-state index in [-0.39, 0.29) is 0 Å². The quantitative estimate of drug-likeness (QED) is 0.912. The van der Waals surface area contributed by atoms with E-state index in [1.54, 1.807) is 29.9 Å². The predicted octanol–water partition coefficient (Wildman–Crippen LogP) is 2.62. The van der Waals surface area contributed by atoms with E-state index in [4.69, 9.17) is 15.7 Å². The lowest BCUT2D eigenvalue weighted by atomic mass is 10.2. The van der Waals surface area contributed by atoms with Gasteiger partial charge in [-0.15, -0.1) is 0 Å². The zero-order chi connectivity index (χ0) is 13.8. The summed E-state index contributed by atoms with van der Waals surface area (Å²) < 4.78 is 7.35. The van der Waals surface area contributed by atoms with Crippen molar-refractivity contribution < 1.29 is 4.74 Å². The molecule has 1 aromatic heterocycles. The number of aromatic nitrogens is 2. The first-order valence-corrected chi connectivity index (χ1v) is 6.15. The minimum atomic E-state index is 0.472. The Hall–Kier alpha value is -2.48. The predicted molar refractivity (Wildman–Crippen MR) is 72.8 cm³/mol. The number of rotatable bonds is 4. The first kappa shape index (κ1) is 13.0. The van der Waals surface area contributed by atoms with E-state index >= 15 is 0 Å². The fourth-order valence-corrected chi connectivity index (χ4v) is 1.87. The lowest BCUT2D eigenvalue weighted by Gasteiger charge is -2.07. The second-order valence-corrected chi connectivity index (χ2v) is 4.25. The van der Waals surface area contributed by atoms with Crippen molar-refractivity contribution >= 4 is 5.69 Å². The summed E-state index contributed by atoms with van der Waals surface area (Å²) in [6.45, 7) is 2.07. The molecule has 2 rings (SSSR count). The molecule has 19 heavy (non-hydrogen) atoms. The Morgan fingerprint density at radius 2 is 2.16 bits per heavy atom. The van der Waals surface area contributed by atoms with Crippen LogP contribution in [0, 0.1) is 11.3 Å². The molecule has 0 amide bonds. The molecule has 0 aliphatic carbocycles. The fourth-order valence-electron chi connectivity index (χ4n) is 1.87. The van der Waals surface area contributed by atoms with Crippen LogP contribution in [0.1, 0.15) is 24.6 Å². The van der Waals surface area contributed by atoms with Gasteiger partial charge in [0, 0.05) is 7.05 Å². The van der Waals surface area contributed by atoms with E-state index in [0.717, 1.165) is 18.5 Å². The van der Waals surface area contributed by atoms with E-state index in [0.29, 0.717) is 22.9 Å². The number of hydrogen-bond donors (Lipinski definition) is 1. The molecule has 0 unspecified atom stereocenters. The average molecular weight is 256 g/mol. The number of nitrogen functional groups attached to an aromatic ring is 1. The van der Waals surface area contributed by atoms with Gasteiger partial charge in [-0.3, -0.25) is 0 Å². The third-order valence-corrected chi connectivity index (χ3v) is 2.81. The number of nitrogens with two attached hydrogens (primary N) is 1. The van der Waals surface area contributed by atoms with Gasteiger partial charge in [0.2, 0.25) is 5.88 Å². The summed E-state index contributed by atoms with van der Waals surface area (Å²) in [6.07, 6.45) is 1.78.